The molecule has 3 aromatic carbocycles. The Kier molecular flexibility index (Phi) is 6.53. The Morgan fingerprint density at radius 2 is 1.23 bits per heavy atom. The molecule has 0 radical (unpaired) electrons. The molecule has 0 spiro atoms. The van der Waals surface area contributed by atoms with Gasteiger partial charge in [-0.25, -0.2) is 0 Å². The minimum atomic E-state index is 0.181. The molecule has 160 valence electrons. The van der Waals surface area contributed by atoms with E-state index in [1.54, 1.807) is 0 Å². The molecule has 0 atom stereocenters. The van der Waals surface area contributed by atoms with Crippen molar-refractivity contribution in [3.8, 4) is 0 Å². The highest BCUT2D eigenvalue weighted by Gasteiger charge is 2.25. The van der Waals surface area contributed by atoms with Crippen molar-refractivity contribution in [1.82, 2.24) is 9.91 Å². The van der Waals surface area contributed by atoms with E-state index in [1.165, 1.54) is 16.7 Å². The lowest BCUT2D eigenvalue weighted by Gasteiger charge is -2.38. The van der Waals surface area contributed by atoms with E-state index in [1.807, 2.05) is 6.21 Å². The summed E-state index contributed by atoms with van der Waals surface area (Å²) in [5, 5.41) is 6.96. The van der Waals surface area contributed by atoms with Gasteiger partial charge in [0.2, 0.25) is 0 Å². The van der Waals surface area contributed by atoms with Crippen LogP contribution in [0, 0.1) is 0 Å². The van der Waals surface area contributed by atoms with E-state index < -0.39 is 0 Å². The predicted octanol–water partition coefficient (Wildman–Crippen LogP) is 5.73. The summed E-state index contributed by atoms with van der Waals surface area (Å²) in [6.45, 7) is 10.6. The van der Waals surface area contributed by atoms with Crippen LogP contribution in [0.5, 0.6) is 0 Å². The summed E-state index contributed by atoms with van der Waals surface area (Å²) >= 11 is 0. The van der Waals surface area contributed by atoms with Crippen molar-refractivity contribution in [1.29, 1.82) is 0 Å². The van der Waals surface area contributed by atoms with Gasteiger partial charge in [-0.1, -0.05) is 106 Å². The minimum absolute atomic E-state index is 0.181. The first kappa shape index (κ1) is 21.3. The molecule has 1 saturated heterocycles. The smallest absolute Gasteiger partial charge is 0.0603 e. The summed E-state index contributed by atoms with van der Waals surface area (Å²) in [5.41, 5.74) is 5.39. The monoisotopic (exact) mass is 411 g/mol. The van der Waals surface area contributed by atoms with Crippen LogP contribution < -0.4 is 0 Å². The SMILES string of the molecule is CC(C)(C)c1ccc(C=NN2CCN(C(c3ccccc3)c3ccccc3)CC2)cc1. The fourth-order valence-corrected chi connectivity index (χ4v) is 4.19. The highest BCUT2D eigenvalue weighted by molar-refractivity contribution is 5.79. The molecule has 1 fully saturated rings. The second-order valence-electron chi connectivity index (χ2n) is 9.33. The van der Waals surface area contributed by atoms with Gasteiger partial charge in [0.25, 0.3) is 0 Å². The van der Waals surface area contributed by atoms with Crippen molar-refractivity contribution in [3.05, 3.63) is 107 Å². The molecule has 1 aliphatic heterocycles. The van der Waals surface area contributed by atoms with Crippen LogP contribution in [0.25, 0.3) is 0 Å². The Balaban J connectivity index is 1.41. The summed E-state index contributed by atoms with van der Waals surface area (Å²) < 4.78 is 0. The number of benzene rings is 3. The van der Waals surface area contributed by atoms with Crippen LogP contribution >= 0.6 is 0 Å². The normalized spacial score (nSPS) is 15.7. The van der Waals surface area contributed by atoms with Crippen molar-refractivity contribution >= 4 is 6.21 Å². The Morgan fingerprint density at radius 1 is 0.710 bits per heavy atom. The molecule has 31 heavy (non-hydrogen) atoms. The van der Waals surface area contributed by atoms with Gasteiger partial charge in [0.05, 0.1) is 12.3 Å². The first-order chi connectivity index (χ1) is 15.0. The standard InChI is InChI=1S/C28H33N3/c1-28(2,3)26-16-14-23(15-17-26)22-29-31-20-18-30(19-21-31)27(24-10-6-4-7-11-24)25-12-8-5-9-13-25/h4-17,22,27H,18-21H2,1-3H3. The van der Waals surface area contributed by atoms with Gasteiger partial charge in [0.1, 0.15) is 0 Å². The van der Waals surface area contributed by atoms with Crippen molar-refractivity contribution < 1.29 is 0 Å². The third-order valence-electron chi connectivity index (χ3n) is 6.03. The molecular weight excluding hydrogens is 378 g/mol. The van der Waals surface area contributed by atoms with Crippen molar-refractivity contribution in [2.24, 2.45) is 5.10 Å². The molecule has 4 rings (SSSR count). The van der Waals surface area contributed by atoms with Gasteiger partial charge >= 0.3 is 0 Å². The molecule has 0 saturated carbocycles. The largest absolute Gasteiger partial charge is 0.294 e. The van der Waals surface area contributed by atoms with Gasteiger partial charge < -0.3 is 0 Å². The quantitative estimate of drug-likeness (QED) is 0.500. The van der Waals surface area contributed by atoms with Crippen LogP contribution in [0.4, 0.5) is 0 Å². The van der Waals surface area contributed by atoms with Gasteiger partial charge in [0, 0.05) is 26.2 Å². The lowest BCUT2D eigenvalue weighted by Crippen LogP contribution is -2.45. The molecule has 3 aromatic rings. The second-order valence-corrected chi connectivity index (χ2v) is 9.33. The summed E-state index contributed by atoms with van der Waals surface area (Å²) in [5.74, 6) is 0. The average molecular weight is 412 g/mol. The third kappa shape index (κ3) is 5.42. The van der Waals surface area contributed by atoms with Crippen molar-refractivity contribution in [2.75, 3.05) is 26.2 Å². The highest BCUT2D eigenvalue weighted by Crippen LogP contribution is 2.29. The van der Waals surface area contributed by atoms with Crippen LogP contribution in [-0.2, 0) is 5.41 Å². The van der Waals surface area contributed by atoms with E-state index in [0.29, 0.717) is 6.04 Å². The summed E-state index contributed by atoms with van der Waals surface area (Å²) in [4.78, 5) is 2.58. The number of hydrazone groups is 1. The van der Waals surface area contributed by atoms with Gasteiger partial charge in [-0.2, -0.15) is 5.10 Å². The van der Waals surface area contributed by atoms with Crippen LogP contribution in [0.2, 0.25) is 0 Å². The number of rotatable bonds is 5. The fourth-order valence-electron chi connectivity index (χ4n) is 4.19. The van der Waals surface area contributed by atoms with Gasteiger partial charge in [-0.15, -0.1) is 0 Å². The zero-order valence-electron chi connectivity index (χ0n) is 18.9. The van der Waals surface area contributed by atoms with E-state index in [9.17, 15) is 0 Å². The molecule has 1 aliphatic rings. The molecule has 0 unspecified atom stereocenters. The van der Waals surface area contributed by atoms with E-state index in [4.69, 9.17) is 5.10 Å². The number of hydrogen-bond donors (Lipinski definition) is 0. The maximum absolute atomic E-state index is 4.77. The highest BCUT2D eigenvalue weighted by atomic mass is 15.5. The van der Waals surface area contributed by atoms with E-state index in [2.05, 4.69) is 116 Å². The van der Waals surface area contributed by atoms with Crippen LogP contribution in [0.15, 0.2) is 90.0 Å². The van der Waals surface area contributed by atoms with E-state index >= 15 is 0 Å². The second kappa shape index (κ2) is 9.49. The third-order valence-corrected chi connectivity index (χ3v) is 6.03. The molecule has 3 nitrogen and oxygen atoms in total. The first-order valence-electron chi connectivity index (χ1n) is 11.2. The Labute approximate surface area is 187 Å². The topological polar surface area (TPSA) is 18.8 Å². The van der Waals surface area contributed by atoms with Gasteiger partial charge in [-0.05, 0) is 27.7 Å². The Hall–Kier alpha value is -2.91. The zero-order valence-corrected chi connectivity index (χ0v) is 18.9. The van der Waals surface area contributed by atoms with Crippen molar-refractivity contribution in [3.63, 3.8) is 0 Å². The Bertz CT molecular complexity index is 925. The minimum Gasteiger partial charge on any atom is -0.294 e. The fraction of sp³-hybridized carbons (Fsp3) is 0.321. The van der Waals surface area contributed by atoms with Crippen molar-refractivity contribution in [2.45, 2.75) is 32.2 Å². The average Bonchev–Trinajstić information content (AvgIpc) is 2.80. The molecule has 0 bridgehead atoms. The number of piperazine rings is 1. The molecule has 0 amide bonds. The molecule has 1 heterocycles. The zero-order chi connectivity index (χ0) is 21.7. The lowest BCUT2D eigenvalue weighted by molar-refractivity contribution is 0.113. The van der Waals surface area contributed by atoms with E-state index in [0.717, 1.165) is 31.7 Å². The molecule has 0 N–H and O–H groups in total. The van der Waals surface area contributed by atoms with E-state index in [-0.39, 0.29) is 5.41 Å². The van der Waals surface area contributed by atoms with Gasteiger partial charge in [0.15, 0.2) is 0 Å². The summed E-state index contributed by atoms with van der Waals surface area (Å²) in [6, 6.07) is 30.7. The first-order valence-corrected chi connectivity index (χ1v) is 11.2. The molecule has 0 aromatic heterocycles. The number of nitrogens with zero attached hydrogens (tertiary/aromatic N) is 3. The molecule has 0 aliphatic carbocycles. The predicted molar refractivity (Wildman–Crippen MR) is 131 cm³/mol. The summed E-state index contributed by atoms with van der Waals surface area (Å²) in [6.07, 6.45) is 1.99. The number of hydrogen-bond acceptors (Lipinski definition) is 3. The Morgan fingerprint density at radius 3 is 1.71 bits per heavy atom. The van der Waals surface area contributed by atoms with Crippen LogP contribution in [0.3, 0.4) is 0 Å². The molecular formula is C28H33N3. The maximum atomic E-state index is 4.77. The maximum Gasteiger partial charge on any atom is 0.0603 e. The van der Waals surface area contributed by atoms with Crippen LogP contribution in [0.1, 0.15) is 49.1 Å². The lowest BCUT2D eigenvalue weighted by atomic mass is 9.87. The van der Waals surface area contributed by atoms with Gasteiger partial charge in [-0.3, -0.25) is 9.91 Å². The molecule has 3 heteroatoms. The summed E-state index contributed by atoms with van der Waals surface area (Å²) in [7, 11) is 0. The van der Waals surface area contributed by atoms with Crippen LogP contribution in [-0.4, -0.2) is 42.3 Å².